The van der Waals surface area contributed by atoms with E-state index in [1.807, 2.05) is 6.92 Å². The molecule has 1 aromatic rings. The second-order valence-corrected chi connectivity index (χ2v) is 4.00. The highest BCUT2D eigenvalue weighted by Gasteiger charge is 2.14. The molecule has 1 aromatic heterocycles. The van der Waals surface area contributed by atoms with Crippen molar-refractivity contribution in [2.45, 2.75) is 19.4 Å². The van der Waals surface area contributed by atoms with Crippen LogP contribution in [0.1, 0.15) is 23.8 Å². The second-order valence-electron chi connectivity index (χ2n) is 3.15. The minimum Gasteiger partial charge on any atom is -0.347 e. The summed E-state index contributed by atoms with van der Waals surface area (Å²) >= 11 is 3.28. The molecule has 4 nitrogen and oxygen atoms in total. The van der Waals surface area contributed by atoms with Crippen molar-refractivity contribution in [3.8, 4) is 0 Å². The van der Waals surface area contributed by atoms with Gasteiger partial charge in [-0.25, -0.2) is 4.98 Å². The van der Waals surface area contributed by atoms with Crippen molar-refractivity contribution < 1.29 is 4.79 Å². The maximum Gasteiger partial charge on any atom is 0.271 e. The van der Waals surface area contributed by atoms with Crippen molar-refractivity contribution >= 4 is 21.8 Å². The third-order valence-electron chi connectivity index (χ3n) is 2.09. The first kappa shape index (κ1) is 12.1. The molecule has 0 fully saturated rings. The molecule has 1 unspecified atom stereocenters. The summed E-state index contributed by atoms with van der Waals surface area (Å²) in [5.74, 6) is -0.195. The summed E-state index contributed by atoms with van der Waals surface area (Å²) < 4.78 is 0.689. The van der Waals surface area contributed by atoms with Crippen LogP contribution in [0.2, 0.25) is 0 Å². The van der Waals surface area contributed by atoms with Crippen LogP contribution in [-0.4, -0.2) is 23.5 Å². The standard InChI is InChI=1S/C10H14BrN3O/c1-2-7(6-12)14-10(15)9-8(11)4-3-5-13-9/h3-5,7H,2,6,12H2,1H3,(H,14,15). The summed E-state index contributed by atoms with van der Waals surface area (Å²) in [4.78, 5) is 15.7. The number of nitrogens with zero attached hydrogens (tertiary/aromatic N) is 1. The van der Waals surface area contributed by atoms with Gasteiger partial charge >= 0.3 is 0 Å². The van der Waals surface area contributed by atoms with E-state index in [9.17, 15) is 4.79 Å². The van der Waals surface area contributed by atoms with Gasteiger partial charge in [0, 0.05) is 23.3 Å². The van der Waals surface area contributed by atoms with Gasteiger partial charge in [0.2, 0.25) is 0 Å². The first-order chi connectivity index (χ1) is 7.19. The first-order valence-corrected chi connectivity index (χ1v) is 5.59. The van der Waals surface area contributed by atoms with E-state index in [-0.39, 0.29) is 11.9 Å². The third-order valence-corrected chi connectivity index (χ3v) is 2.73. The third kappa shape index (κ3) is 3.28. The van der Waals surface area contributed by atoms with Gasteiger partial charge in [-0.1, -0.05) is 6.92 Å². The fourth-order valence-corrected chi connectivity index (χ4v) is 1.57. The smallest absolute Gasteiger partial charge is 0.271 e. The van der Waals surface area contributed by atoms with Crippen LogP contribution in [0.4, 0.5) is 0 Å². The Hall–Kier alpha value is -0.940. The topological polar surface area (TPSA) is 68.0 Å². The van der Waals surface area contributed by atoms with Crippen molar-refractivity contribution in [2.75, 3.05) is 6.54 Å². The van der Waals surface area contributed by atoms with Gasteiger partial charge in [0.25, 0.3) is 5.91 Å². The molecule has 5 heteroatoms. The number of nitrogens with two attached hydrogens (primary N) is 1. The molecule has 1 heterocycles. The highest BCUT2D eigenvalue weighted by Crippen LogP contribution is 2.13. The van der Waals surface area contributed by atoms with Crippen LogP contribution in [0.3, 0.4) is 0 Å². The van der Waals surface area contributed by atoms with E-state index >= 15 is 0 Å². The van der Waals surface area contributed by atoms with E-state index in [4.69, 9.17) is 5.73 Å². The number of rotatable bonds is 4. The first-order valence-electron chi connectivity index (χ1n) is 4.80. The Balaban J connectivity index is 2.73. The van der Waals surface area contributed by atoms with Gasteiger partial charge in [0.05, 0.1) is 0 Å². The molecule has 1 amide bonds. The summed E-state index contributed by atoms with van der Waals surface area (Å²) in [6.45, 7) is 2.41. The number of hydrogen-bond acceptors (Lipinski definition) is 3. The van der Waals surface area contributed by atoms with Gasteiger partial charge < -0.3 is 11.1 Å². The van der Waals surface area contributed by atoms with Crippen molar-refractivity contribution in [1.82, 2.24) is 10.3 Å². The molecule has 0 aliphatic rings. The number of pyridine rings is 1. The molecule has 0 aliphatic heterocycles. The Bertz CT molecular complexity index is 339. The van der Waals surface area contributed by atoms with Crippen LogP contribution in [-0.2, 0) is 0 Å². The lowest BCUT2D eigenvalue weighted by atomic mass is 10.2. The molecule has 82 valence electrons. The zero-order valence-corrected chi connectivity index (χ0v) is 10.1. The van der Waals surface area contributed by atoms with Gasteiger partial charge in [-0.15, -0.1) is 0 Å². The number of hydrogen-bond donors (Lipinski definition) is 2. The van der Waals surface area contributed by atoms with Crippen molar-refractivity contribution in [3.05, 3.63) is 28.5 Å². The Labute approximate surface area is 97.4 Å². The van der Waals surface area contributed by atoms with Crippen LogP contribution >= 0.6 is 15.9 Å². The Kier molecular flexibility index (Phi) is 4.71. The summed E-state index contributed by atoms with van der Waals surface area (Å²) in [5.41, 5.74) is 5.89. The van der Waals surface area contributed by atoms with Crippen LogP contribution < -0.4 is 11.1 Å². The van der Waals surface area contributed by atoms with Gasteiger partial charge in [0.1, 0.15) is 5.69 Å². The fourth-order valence-electron chi connectivity index (χ4n) is 1.13. The van der Waals surface area contributed by atoms with E-state index < -0.39 is 0 Å². The van der Waals surface area contributed by atoms with Crippen LogP contribution in [0.5, 0.6) is 0 Å². The number of halogens is 1. The van der Waals surface area contributed by atoms with E-state index in [0.29, 0.717) is 16.7 Å². The lowest BCUT2D eigenvalue weighted by Gasteiger charge is -2.14. The highest BCUT2D eigenvalue weighted by molar-refractivity contribution is 9.10. The number of aromatic nitrogens is 1. The van der Waals surface area contributed by atoms with Crippen LogP contribution in [0.25, 0.3) is 0 Å². The van der Waals surface area contributed by atoms with Crippen molar-refractivity contribution in [3.63, 3.8) is 0 Å². The zero-order valence-electron chi connectivity index (χ0n) is 8.53. The van der Waals surface area contributed by atoms with Gasteiger partial charge in [-0.05, 0) is 34.5 Å². The number of nitrogens with one attached hydrogen (secondary N) is 1. The largest absolute Gasteiger partial charge is 0.347 e. The Morgan fingerprint density at radius 3 is 3.00 bits per heavy atom. The minimum atomic E-state index is -0.195. The molecule has 0 saturated carbocycles. The lowest BCUT2D eigenvalue weighted by Crippen LogP contribution is -2.40. The van der Waals surface area contributed by atoms with Crippen molar-refractivity contribution in [1.29, 1.82) is 0 Å². The molecule has 0 bridgehead atoms. The average molecular weight is 272 g/mol. The number of carbonyl (C=O) groups excluding carboxylic acids is 1. The Morgan fingerprint density at radius 2 is 2.47 bits per heavy atom. The molecule has 0 saturated heterocycles. The minimum absolute atomic E-state index is 0.00593. The number of amides is 1. The van der Waals surface area contributed by atoms with Gasteiger partial charge in [-0.3, -0.25) is 4.79 Å². The molecule has 0 aromatic carbocycles. The normalized spacial score (nSPS) is 12.2. The van der Waals surface area contributed by atoms with E-state index in [1.165, 1.54) is 0 Å². The molecular formula is C10H14BrN3O. The summed E-state index contributed by atoms with van der Waals surface area (Å²) in [5, 5.41) is 2.82. The molecule has 0 aliphatic carbocycles. The Morgan fingerprint density at radius 1 is 1.73 bits per heavy atom. The quantitative estimate of drug-likeness (QED) is 0.868. The maximum atomic E-state index is 11.7. The molecule has 3 N–H and O–H groups in total. The predicted octanol–water partition coefficient (Wildman–Crippen LogP) is 1.31. The molecule has 0 spiro atoms. The van der Waals surface area contributed by atoms with E-state index in [0.717, 1.165) is 6.42 Å². The maximum absolute atomic E-state index is 11.7. The highest BCUT2D eigenvalue weighted by atomic mass is 79.9. The van der Waals surface area contributed by atoms with Gasteiger partial charge in [0.15, 0.2) is 0 Å². The molecule has 1 atom stereocenters. The molecule has 1 rings (SSSR count). The fraction of sp³-hybridized carbons (Fsp3) is 0.400. The monoisotopic (exact) mass is 271 g/mol. The summed E-state index contributed by atoms with van der Waals surface area (Å²) in [7, 11) is 0. The summed E-state index contributed by atoms with van der Waals surface area (Å²) in [6.07, 6.45) is 2.40. The number of carbonyl (C=O) groups is 1. The summed E-state index contributed by atoms with van der Waals surface area (Å²) in [6, 6.07) is 3.55. The molecule has 15 heavy (non-hydrogen) atoms. The van der Waals surface area contributed by atoms with E-state index in [2.05, 4.69) is 26.2 Å². The van der Waals surface area contributed by atoms with Gasteiger partial charge in [-0.2, -0.15) is 0 Å². The molecule has 0 radical (unpaired) electrons. The van der Waals surface area contributed by atoms with Crippen LogP contribution in [0, 0.1) is 0 Å². The van der Waals surface area contributed by atoms with E-state index in [1.54, 1.807) is 18.3 Å². The average Bonchev–Trinajstić information content (AvgIpc) is 2.26. The van der Waals surface area contributed by atoms with Crippen LogP contribution in [0.15, 0.2) is 22.8 Å². The van der Waals surface area contributed by atoms with Crippen molar-refractivity contribution in [2.24, 2.45) is 5.73 Å². The lowest BCUT2D eigenvalue weighted by molar-refractivity contribution is 0.0931. The second kappa shape index (κ2) is 5.82. The predicted molar refractivity (Wildman–Crippen MR) is 62.5 cm³/mol. The zero-order chi connectivity index (χ0) is 11.3. The molecular weight excluding hydrogens is 258 g/mol. The SMILES string of the molecule is CCC(CN)NC(=O)c1ncccc1Br.